The van der Waals surface area contributed by atoms with Crippen molar-refractivity contribution in [1.29, 1.82) is 0 Å². The third-order valence-corrected chi connectivity index (χ3v) is 6.76. The molecule has 1 N–H and O–H groups in total. The van der Waals surface area contributed by atoms with E-state index in [-0.39, 0.29) is 17.6 Å². The fourth-order valence-corrected chi connectivity index (χ4v) is 5.08. The van der Waals surface area contributed by atoms with Crippen molar-refractivity contribution in [3.05, 3.63) is 40.7 Å². The molecule has 150 valence electrons. The molecule has 0 aliphatic carbocycles. The second-order valence-electron chi connectivity index (χ2n) is 7.20. The fraction of sp³-hybridized carbons (Fsp3) is 0.450. The lowest BCUT2D eigenvalue weighted by atomic mass is 10.1. The van der Waals surface area contributed by atoms with E-state index < -0.39 is 6.04 Å². The molecule has 1 aromatic heterocycles. The Morgan fingerprint density at radius 3 is 2.71 bits per heavy atom. The number of carbonyl (C=O) groups is 2. The molecule has 3 rings (SSSR count). The number of aryl methyl sites for hydroxylation is 1. The highest BCUT2D eigenvalue weighted by Gasteiger charge is 2.36. The van der Waals surface area contributed by atoms with E-state index in [4.69, 9.17) is 0 Å². The molecule has 2 aromatic rings. The van der Waals surface area contributed by atoms with Crippen LogP contribution in [0.1, 0.15) is 35.6 Å². The van der Waals surface area contributed by atoms with Crippen LogP contribution in [0.25, 0.3) is 10.6 Å². The molecular formula is C20H24FN3O2S2. The Bertz CT molecular complexity index is 852. The average molecular weight is 422 g/mol. The first-order chi connectivity index (χ1) is 13.4. The van der Waals surface area contributed by atoms with Gasteiger partial charge < -0.3 is 10.2 Å². The highest BCUT2D eigenvalue weighted by molar-refractivity contribution is 7.99. The summed E-state index contributed by atoms with van der Waals surface area (Å²) in [4.78, 5) is 32.3. The van der Waals surface area contributed by atoms with Crippen molar-refractivity contribution >= 4 is 34.9 Å². The van der Waals surface area contributed by atoms with Gasteiger partial charge in [-0.05, 0) is 43.5 Å². The maximum Gasteiger partial charge on any atom is 0.267 e. The number of thioether (sulfide) groups is 1. The summed E-state index contributed by atoms with van der Waals surface area (Å²) in [6.07, 6.45) is 0.911. The van der Waals surface area contributed by atoms with Gasteiger partial charge in [0, 0.05) is 17.9 Å². The first-order valence-electron chi connectivity index (χ1n) is 9.26. The smallest absolute Gasteiger partial charge is 0.267 e. The Hall–Kier alpha value is -1.93. The number of halogens is 1. The van der Waals surface area contributed by atoms with Crippen molar-refractivity contribution in [3.8, 4) is 10.6 Å². The molecule has 5 nitrogen and oxygen atoms in total. The molecule has 2 amide bonds. The Morgan fingerprint density at radius 2 is 2.04 bits per heavy atom. The Balaban J connectivity index is 1.73. The first kappa shape index (κ1) is 20.8. The van der Waals surface area contributed by atoms with Gasteiger partial charge >= 0.3 is 0 Å². The third kappa shape index (κ3) is 4.72. The molecule has 0 spiro atoms. The summed E-state index contributed by atoms with van der Waals surface area (Å²) in [5.41, 5.74) is 1.40. The summed E-state index contributed by atoms with van der Waals surface area (Å²) in [7, 11) is 0. The molecule has 1 aliphatic heterocycles. The van der Waals surface area contributed by atoms with Gasteiger partial charge in [0.05, 0.1) is 11.6 Å². The zero-order valence-electron chi connectivity index (χ0n) is 16.2. The zero-order chi connectivity index (χ0) is 20.3. The number of nitrogens with zero attached hydrogens (tertiary/aromatic N) is 2. The molecule has 28 heavy (non-hydrogen) atoms. The van der Waals surface area contributed by atoms with Crippen molar-refractivity contribution in [2.45, 2.75) is 33.2 Å². The number of thiazole rings is 1. The summed E-state index contributed by atoms with van der Waals surface area (Å²) in [6, 6.07) is 5.60. The number of carbonyl (C=O) groups excluding carboxylic acids is 2. The number of aromatic nitrogens is 1. The molecular weight excluding hydrogens is 397 g/mol. The van der Waals surface area contributed by atoms with Gasteiger partial charge in [0.25, 0.3) is 5.91 Å². The van der Waals surface area contributed by atoms with E-state index >= 15 is 0 Å². The molecule has 1 saturated heterocycles. The minimum atomic E-state index is -0.458. The third-order valence-electron chi connectivity index (χ3n) is 4.55. The van der Waals surface area contributed by atoms with Crippen LogP contribution >= 0.6 is 23.1 Å². The lowest BCUT2D eigenvalue weighted by Crippen LogP contribution is -2.47. The SMILES string of the molecule is Cc1nc(-c2ccc(F)cc2)sc1C(=O)N1CSCC1C(=O)NCCC(C)C. The summed E-state index contributed by atoms with van der Waals surface area (Å²) in [5.74, 6) is 1.03. The second-order valence-corrected chi connectivity index (χ2v) is 9.20. The predicted octanol–water partition coefficient (Wildman–Crippen LogP) is 3.94. The van der Waals surface area contributed by atoms with E-state index in [9.17, 15) is 14.0 Å². The van der Waals surface area contributed by atoms with E-state index in [0.29, 0.717) is 39.7 Å². The quantitative estimate of drug-likeness (QED) is 0.768. The summed E-state index contributed by atoms with van der Waals surface area (Å²) in [6.45, 7) is 6.63. The van der Waals surface area contributed by atoms with E-state index in [0.717, 1.165) is 12.0 Å². The van der Waals surface area contributed by atoms with Crippen LogP contribution in [0, 0.1) is 18.7 Å². The molecule has 0 bridgehead atoms. The van der Waals surface area contributed by atoms with E-state index in [2.05, 4.69) is 24.1 Å². The van der Waals surface area contributed by atoms with Crippen molar-refractivity contribution in [2.75, 3.05) is 18.2 Å². The zero-order valence-corrected chi connectivity index (χ0v) is 17.8. The van der Waals surface area contributed by atoms with Gasteiger partial charge in [-0.3, -0.25) is 9.59 Å². The van der Waals surface area contributed by atoms with Gasteiger partial charge in [0.1, 0.15) is 21.7 Å². The van der Waals surface area contributed by atoms with Crippen LogP contribution in [0.4, 0.5) is 4.39 Å². The molecule has 0 radical (unpaired) electrons. The number of rotatable bonds is 6. The first-order valence-corrected chi connectivity index (χ1v) is 11.2. The van der Waals surface area contributed by atoms with Crippen LogP contribution in [0.2, 0.25) is 0 Å². The predicted molar refractivity (Wildman–Crippen MR) is 112 cm³/mol. The van der Waals surface area contributed by atoms with E-state index in [1.807, 2.05) is 0 Å². The van der Waals surface area contributed by atoms with Gasteiger partial charge in [-0.25, -0.2) is 9.37 Å². The monoisotopic (exact) mass is 421 g/mol. The summed E-state index contributed by atoms with van der Waals surface area (Å²) in [5, 5.41) is 3.62. The van der Waals surface area contributed by atoms with Crippen LogP contribution in [-0.2, 0) is 4.79 Å². The van der Waals surface area contributed by atoms with Gasteiger partial charge in [-0.2, -0.15) is 0 Å². The highest BCUT2D eigenvalue weighted by atomic mass is 32.2. The number of hydrogen-bond acceptors (Lipinski definition) is 5. The molecule has 1 unspecified atom stereocenters. The maximum absolute atomic E-state index is 13.2. The Morgan fingerprint density at radius 1 is 1.32 bits per heavy atom. The lowest BCUT2D eigenvalue weighted by Gasteiger charge is -2.22. The Kier molecular flexibility index (Phi) is 6.72. The molecule has 1 aliphatic rings. The Labute approximate surface area is 172 Å². The normalized spacial score (nSPS) is 16.6. The molecule has 1 fully saturated rings. The van der Waals surface area contributed by atoms with Gasteiger partial charge in [0.15, 0.2) is 0 Å². The van der Waals surface area contributed by atoms with Gasteiger partial charge in [-0.15, -0.1) is 23.1 Å². The molecule has 0 saturated carbocycles. The number of amides is 2. The topological polar surface area (TPSA) is 62.3 Å². The molecule has 1 atom stereocenters. The van der Waals surface area contributed by atoms with Crippen LogP contribution in [-0.4, -0.2) is 45.9 Å². The molecule has 2 heterocycles. The number of nitrogens with one attached hydrogen (secondary N) is 1. The van der Waals surface area contributed by atoms with Crippen LogP contribution in [0.5, 0.6) is 0 Å². The van der Waals surface area contributed by atoms with Crippen molar-refractivity contribution in [3.63, 3.8) is 0 Å². The largest absolute Gasteiger partial charge is 0.354 e. The lowest BCUT2D eigenvalue weighted by molar-refractivity contribution is -0.124. The summed E-state index contributed by atoms with van der Waals surface area (Å²) >= 11 is 2.86. The van der Waals surface area contributed by atoms with Crippen molar-refractivity contribution in [1.82, 2.24) is 15.2 Å². The standard InChI is InChI=1S/C20H24FN3O2S2/c1-12(2)8-9-22-18(25)16-10-27-11-24(16)20(26)17-13(3)23-19(28-17)14-4-6-15(21)7-5-14/h4-7,12,16H,8-11H2,1-3H3,(H,22,25). The number of hydrogen-bond donors (Lipinski definition) is 1. The maximum atomic E-state index is 13.2. The second kappa shape index (κ2) is 9.05. The molecule has 8 heteroatoms. The fourth-order valence-electron chi connectivity index (χ4n) is 2.90. The van der Waals surface area contributed by atoms with Gasteiger partial charge in [0.2, 0.25) is 5.91 Å². The van der Waals surface area contributed by atoms with Crippen LogP contribution in [0.3, 0.4) is 0 Å². The minimum absolute atomic E-state index is 0.0973. The van der Waals surface area contributed by atoms with E-state index in [1.54, 1.807) is 35.7 Å². The van der Waals surface area contributed by atoms with Crippen LogP contribution in [0.15, 0.2) is 24.3 Å². The molecule has 1 aromatic carbocycles. The minimum Gasteiger partial charge on any atom is -0.354 e. The van der Waals surface area contributed by atoms with Crippen molar-refractivity contribution < 1.29 is 14.0 Å². The number of benzene rings is 1. The average Bonchev–Trinajstić information content (AvgIpc) is 3.28. The van der Waals surface area contributed by atoms with Crippen molar-refractivity contribution in [2.24, 2.45) is 5.92 Å². The van der Waals surface area contributed by atoms with E-state index in [1.165, 1.54) is 23.5 Å². The summed E-state index contributed by atoms with van der Waals surface area (Å²) < 4.78 is 13.2. The van der Waals surface area contributed by atoms with Gasteiger partial charge in [-0.1, -0.05) is 13.8 Å². The highest BCUT2D eigenvalue weighted by Crippen LogP contribution is 2.31. The van der Waals surface area contributed by atoms with Crippen LogP contribution < -0.4 is 5.32 Å².